The van der Waals surface area contributed by atoms with E-state index < -0.39 is 10.0 Å². The van der Waals surface area contributed by atoms with E-state index in [0.29, 0.717) is 44.2 Å². The molecule has 140 valence electrons. The molecule has 8 heteroatoms. The van der Waals surface area contributed by atoms with Gasteiger partial charge in [0.15, 0.2) is 0 Å². The molecular formula is C17H26N2O5S. The van der Waals surface area contributed by atoms with Crippen LogP contribution in [0, 0.1) is 5.41 Å². The van der Waals surface area contributed by atoms with Crippen molar-refractivity contribution in [3.8, 4) is 5.75 Å². The molecule has 1 aromatic carbocycles. The number of benzene rings is 1. The lowest BCUT2D eigenvalue weighted by atomic mass is 9.92. The summed E-state index contributed by atoms with van der Waals surface area (Å²) >= 11 is 0. The monoisotopic (exact) mass is 370 g/mol. The third-order valence-electron chi connectivity index (χ3n) is 3.74. The molecule has 1 amide bonds. The first kappa shape index (κ1) is 19.7. The molecule has 0 aromatic heterocycles. The molecule has 25 heavy (non-hydrogen) atoms. The predicted octanol–water partition coefficient (Wildman–Crippen LogP) is 2.09. The highest BCUT2D eigenvalue weighted by Gasteiger charge is 2.27. The Morgan fingerprint density at radius 1 is 1.28 bits per heavy atom. The van der Waals surface area contributed by atoms with Crippen LogP contribution in [0.1, 0.15) is 27.2 Å². The van der Waals surface area contributed by atoms with Crippen LogP contribution in [0.2, 0.25) is 0 Å². The summed E-state index contributed by atoms with van der Waals surface area (Å²) in [5.74, 6) is 0.231. The van der Waals surface area contributed by atoms with Crippen molar-refractivity contribution in [3.63, 3.8) is 0 Å². The van der Waals surface area contributed by atoms with Crippen LogP contribution in [-0.4, -0.2) is 52.0 Å². The van der Waals surface area contributed by atoms with Crippen LogP contribution in [0.15, 0.2) is 23.1 Å². The van der Waals surface area contributed by atoms with Gasteiger partial charge in [0.05, 0.1) is 30.9 Å². The average molecular weight is 370 g/mol. The van der Waals surface area contributed by atoms with Gasteiger partial charge in [-0.15, -0.1) is 0 Å². The fourth-order valence-electron chi connectivity index (χ4n) is 2.56. The zero-order valence-corrected chi connectivity index (χ0v) is 16.0. The second-order valence-electron chi connectivity index (χ2n) is 7.16. The molecule has 0 spiro atoms. The first-order chi connectivity index (χ1) is 11.6. The third-order valence-corrected chi connectivity index (χ3v) is 5.64. The van der Waals surface area contributed by atoms with E-state index in [-0.39, 0.29) is 16.2 Å². The van der Waals surface area contributed by atoms with Gasteiger partial charge in [-0.05, 0) is 23.6 Å². The molecular weight excluding hydrogens is 344 g/mol. The van der Waals surface area contributed by atoms with Crippen LogP contribution in [-0.2, 0) is 19.6 Å². The highest BCUT2D eigenvalue weighted by molar-refractivity contribution is 7.89. The van der Waals surface area contributed by atoms with Gasteiger partial charge in [-0.25, -0.2) is 8.42 Å². The van der Waals surface area contributed by atoms with E-state index in [4.69, 9.17) is 9.47 Å². The number of amides is 1. The zero-order valence-electron chi connectivity index (χ0n) is 15.2. The quantitative estimate of drug-likeness (QED) is 0.858. The number of methoxy groups -OCH3 is 1. The number of morpholine rings is 1. The molecule has 0 saturated carbocycles. The lowest BCUT2D eigenvalue weighted by molar-refractivity contribution is -0.117. The van der Waals surface area contributed by atoms with E-state index in [1.807, 2.05) is 20.8 Å². The lowest BCUT2D eigenvalue weighted by Crippen LogP contribution is -2.40. The number of nitrogens with zero attached hydrogens (tertiary/aromatic N) is 1. The van der Waals surface area contributed by atoms with E-state index in [9.17, 15) is 13.2 Å². The molecule has 1 N–H and O–H groups in total. The highest BCUT2D eigenvalue weighted by atomic mass is 32.2. The Bertz CT molecular complexity index is 719. The summed E-state index contributed by atoms with van der Waals surface area (Å²) in [6, 6.07) is 4.49. The molecule has 1 aliphatic heterocycles. The lowest BCUT2D eigenvalue weighted by Gasteiger charge is -2.26. The first-order valence-corrected chi connectivity index (χ1v) is 9.63. The smallest absolute Gasteiger partial charge is 0.243 e. The van der Waals surface area contributed by atoms with Gasteiger partial charge >= 0.3 is 0 Å². The normalized spacial score (nSPS) is 16.5. The van der Waals surface area contributed by atoms with Gasteiger partial charge in [-0.2, -0.15) is 4.31 Å². The van der Waals surface area contributed by atoms with Crippen molar-refractivity contribution in [1.29, 1.82) is 0 Å². The Labute approximate surface area is 149 Å². The van der Waals surface area contributed by atoms with Crippen LogP contribution in [0.4, 0.5) is 5.69 Å². The van der Waals surface area contributed by atoms with E-state index in [1.165, 1.54) is 23.5 Å². The minimum absolute atomic E-state index is 0.126. The van der Waals surface area contributed by atoms with Crippen molar-refractivity contribution in [2.75, 3.05) is 38.7 Å². The van der Waals surface area contributed by atoms with Crippen LogP contribution in [0.25, 0.3) is 0 Å². The minimum atomic E-state index is -3.63. The average Bonchev–Trinajstić information content (AvgIpc) is 2.53. The molecule has 0 atom stereocenters. The number of sulfonamides is 1. The molecule has 1 aliphatic rings. The summed E-state index contributed by atoms with van der Waals surface area (Å²) in [5, 5.41) is 2.76. The molecule has 0 radical (unpaired) electrons. The topological polar surface area (TPSA) is 84.9 Å². The maximum atomic E-state index is 12.8. The second-order valence-corrected chi connectivity index (χ2v) is 9.10. The van der Waals surface area contributed by atoms with Gasteiger partial charge in [0.25, 0.3) is 0 Å². The van der Waals surface area contributed by atoms with Crippen LogP contribution < -0.4 is 10.1 Å². The van der Waals surface area contributed by atoms with Crippen molar-refractivity contribution < 1.29 is 22.7 Å². The van der Waals surface area contributed by atoms with Crippen LogP contribution in [0.3, 0.4) is 0 Å². The summed E-state index contributed by atoms with van der Waals surface area (Å²) in [6.07, 6.45) is 0.316. The van der Waals surface area contributed by atoms with Crippen molar-refractivity contribution in [2.45, 2.75) is 32.1 Å². The Morgan fingerprint density at radius 2 is 1.92 bits per heavy atom. The summed E-state index contributed by atoms with van der Waals surface area (Å²) in [7, 11) is -2.16. The molecule has 7 nitrogen and oxygen atoms in total. The number of hydrogen-bond acceptors (Lipinski definition) is 5. The first-order valence-electron chi connectivity index (χ1n) is 8.19. The van der Waals surface area contributed by atoms with Gasteiger partial charge < -0.3 is 14.8 Å². The number of anilines is 1. The maximum Gasteiger partial charge on any atom is 0.243 e. The molecule has 1 aromatic rings. The number of hydrogen-bond donors (Lipinski definition) is 1. The Kier molecular flexibility index (Phi) is 6.08. The van der Waals surface area contributed by atoms with Gasteiger partial charge in [-0.3, -0.25) is 4.79 Å². The number of rotatable bonds is 5. The maximum absolute atomic E-state index is 12.8. The largest absolute Gasteiger partial charge is 0.495 e. The molecule has 1 saturated heterocycles. The minimum Gasteiger partial charge on any atom is -0.495 e. The standard InChI is InChI=1S/C17H26N2O5S/c1-17(2,3)12-16(20)18-14-11-13(5-6-15(14)23-4)25(21,22)19-7-9-24-10-8-19/h5-6,11H,7-10,12H2,1-4H3,(H,18,20). The van der Waals surface area contributed by atoms with Crippen molar-refractivity contribution in [3.05, 3.63) is 18.2 Å². The predicted molar refractivity (Wildman–Crippen MR) is 95.3 cm³/mol. The summed E-state index contributed by atoms with van der Waals surface area (Å²) in [4.78, 5) is 12.3. The summed E-state index contributed by atoms with van der Waals surface area (Å²) in [5.41, 5.74) is 0.181. The fourth-order valence-corrected chi connectivity index (χ4v) is 3.99. The number of carbonyl (C=O) groups is 1. The van der Waals surface area contributed by atoms with Crippen molar-refractivity contribution in [1.82, 2.24) is 4.31 Å². The molecule has 1 fully saturated rings. The van der Waals surface area contributed by atoms with Crippen molar-refractivity contribution >= 4 is 21.6 Å². The SMILES string of the molecule is COc1ccc(S(=O)(=O)N2CCOCC2)cc1NC(=O)CC(C)(C)C. The summed E-state index contributed by atoms with van der Waals surface area (Å²) < 4.78 is 37.4. The second kappa shape index (κ2) is 7.72. The number of ether oxygens (including phenoxy) is 2. The summed E-state index contributed by atoms with van der Waals surface area (Å²) in [6.45, 7) is 7.28. The Hall–Kier alpha value is -1.64. The van der Waals surface area contributed by atoms with E-state index in [0.717, 1.165) is 0 Å². The van der Waals surface area contributed by atoms with Crippen molar-refractivity contribution in [2.24, 2.45) is 5.41 Å². The Morgan fingerprint density at radius 3 is 2.48 bits per heavy atom. The van der Waals surface area contributed by atoms with E-state index in [2.05, 4.69) is 5.32 Å². The van der Waals surface area contributed by atoms with Crippen LogP contribution >= 0.6 is 0 Å². The molecule has 2 rings (SSSR count). The van der Waals surface area contributed by atoms with E-state index in [1.54, 1.807) is 6.07 Å². The van der Waals surface area contributed by atoms with Gasteiger partial charge in [0, 0.05) is 19.5 Å². The van der Waals surface area contributed by atoms with Gasteiger partial charge in [-0.1, -0.05) is 20.8 Å². The number of carbonyl (C=O) groups excluding carboxylic acids is 1. The molecule has 0 bridgehead atoms. The van der Waals surface area contributed by atoms with Gasteiger partial charge in [0.2, 0.25) is 15.9 Å². The molecule has 0 unspecified atom stereocenters. The number of nitrogens with one attached hydrogen (secondary N) is 1. The Balaban J connectivity index is 2.28. The van der Waals surface area contributed by atoms with Crippen LogP contribution in [0.5, 0.6) is 5.75 Å². The highest BCUT2D eigenvalue weighted by Crippen LogP contribution is 2.30. The zero-order chi connectivity index (χ0) is 18.7. The molecule has 0 aliphatic carbocycles. The fraction of sp³-hybridized carbons (Fsp3) is 0.588. The molecule has 1 heterocycles. The third kappa shape index (κ3) is 5.17. The van der Waals surface area contributed by atoms with Gasteiger partial charge in [0.1, 0.15) is 5.75 Å². The van der Waals surface area contributed by atoms with E-state index >= 15 is 0 Å².